The number of piperidine rings is 1. The first-order valence-corrected chi connectivity index (χ1v) is 7.86. The molecule has 20 heavy (non-hydrogen) atoms. The zero-order valence-corrected chi connectivity index (χ0v) is 12.1. The van der Waals surface area contributed by atoms with Crippen molar-refractivity contribution in [3.63, 3.8) is 0 Å². The first-order chi connectivity index (χ1) is 9.76. The maximum atomic E-state index is 12.0. The van der Waals surface area contributed by atoms with E-state index in [1.807, 2.05) is 4.90 Å². The van der Waals surface area contributed by atoms with Crippen LogP contribution < -0.4 is 0 Å². The number of likely N-dealkylation sites (tertiary alicyclic amines) is 2. The first-order valence-electron chi connectivity index (χ1n) is 7.86. The van der Waals surface area contributed by atoms with Crippen molar-refractivity contribution >= 4 is 5.91 Å². The highest BCUT2D eigenvalue weighted by Gasteiger charge is 2.35. The van der Waals surface area contributed by atoms with Crippen LogP contribution in [-0.2, 0) is 9.53 Å². The third-order valence-electron chi connectivity index (χ3n) is 4.88. The van der Waals surface area contributed by atoms with Crippen molar-refractivity contribution in [3.8, 4) is 12.3 Å². The first kappa shape index (κ1) is 13.9. The van der Waals surface area contributed by atoms with E-state index in [4.69, 9.17) is 11.2 Å². The molecule has 3 aliphatic heterocycles. The minimum absolute atomic E-state index is 0.132. The fourth-order valence-electron chi connectivity index (χ4n) is 3.69. The summed E-state index contributed by atoms with van der Waals surface area (Å²) in [6.07, 6.45) is 11.0. The summed E-state index contributed by atoms with van der Waals surface area (Å²) in [5.74, 6) is 3.12. The molecule has 110 valence electrons. The standard InChI is InChI=1S/C16H24N2O2/c1-2-13-10-16(19)18(11-13)14-5-7-17(8-6-14)12-15-4-3-9-20-15/h1,13-15H,3-12H2. The van der Waals surface area contributed by atoms with Gasteiger partial charge in [-0.05, 0) is 25.7 Å². The summed E-state index contributed by atoms with van der Waals surface area (Å²) in [6, 6.07) is 0.404. The molecule has 3 aliphatic rings. The number of hydrogen-bond acceptors (Lipinski definition) is 3. The van der Waals surface area contributed by atoms with Crippen LogP contribution in [0.2, 0.25) is 0 Å². The van der Waals surface area contributed by atoms with Gasteiger partial charge < -0.3 is 14.5 Å². The second-order valence-electron chi connectivity index (χ2n) is 6.28. The SMILES string of the molecule is C#CC1CC(=O)N(C2CCN(CC3CCCO3)CC2)C1. The largest absolute Gasteiger partial charge is 0.377 e. The third kappa shape index (κ3) is 2.99. The summed E-state index contributed by atoms with van der Waals surface area (Å²) >= 11 is 0. The lowest BCUT2D eigenvalue weighted by Crippen LogP contribution is -2.47. The monoisotopic (exact) mass is 276 g/mol. The predicted octanol–water partition coefficient (Wildman–Crippen LogP) is 1.11. The maximum absolute atomic E-state index is 12.0. The number of carbonyl (C=O) groups is 1. The molecular formula is C16H24N2O2. The molecule has 3 fully saturated rings. The van der Waals surface area contributed by atoms with E-state index >= 15 is 0 Å². The molecule has 3 heterocycles. The highest BCUT2D eigenvalue weighted by molar-refractivity contribution is 5.79. The van der Waals surface area contributed by atoms with Crippen LogP contribution in [0.15, 0.2) is 0 Å². The number of carbonyl (C=O) groups excluding carboxylic acids is 1. The van der Waals surface area contributed by atoms with Gasteiger partial charge in [-0.1, -0.05) is 0 Å². The van der Waals surface area contributed by atoms with Gasteiger partial charge in [-0.25, -0.2) is 0 Å². The lowest BCUT2D eigenvalue weighted by molar-refractivity contribution is -0.130. The molecule has 0 aromatic carbocycles. The molecule has 0 aliphatic carbocycles. The second kappa shape index (κ2) is 6.15. The molecule has 0 bridgehead atoms. The summed E-state index contributed by atoms with van der Waals surface area (Å²) in [5, 5.41) is 0. The average molecular weight is 276 g/mol. The number of rotatable bonds is 3. The molecule has 0 spiro atoms. The Bertz CT molecular complexity index is 390. The summed E-state index contributed by atoms with van der Waals surface area (Å²) in [6.45, 7) is 4.92. The molecule has 0 saturated carbocycles. The van der Waals surface area contributed by atoms with E-state index in [1.165, 1.54) is 12.8 Å². The number of amides is 1. The molecule has 4 heteroatoms. The third-order valence-corrected chi connectivity index (χ3v) is 4.88. The van der Waals surface area contributed by atoms with Gasteiger partial charge in [0.2, 0.25) is 5.91 Å². The second-order valence-corrected chi connectivity index (χ2v) is 6.28. The van der Waals surface area contributed by atoms with E-state index in [0.29, 0.717) is 18.6 Å². The Labute approximate surface area is 121 Å². The normalized spacial score (nSPS) is 32.8. The fraction of sp³-hybridized carbons (Fsp3) is 0.812. The van der Waals surface area contributed by atoms with E-state index in [1.54, 1.807) is 0 Å². The van der Waals surface area contributed by atoms with Crippen molar-refractivity contribution in [2.24, 2.45) is 5.92 Å². The van der Waals surface area contributed by atoms with Crippen LogP contribution >= 0.6 is 0 Å². The van der Waals surface area contributed by atoms with Gasteiger partial charge in [0.05, 0.1) is 6.10 Å². The maximum Gasteiger partial charge on any atom is 0.224 e. The summed E-state index contributed by atoms with van der Waals surface area (Å²) < 4.78 is 5.70. The molecule has 0 aromatic heterocycles. The minimum atomic E-state index is 0.132. The van der Waals surface area contributed by atoms with Crippen LogP contribution in [-0.4, -0.2) is 60.6 Å². The van der Waals surface area contributed by atoms with Crippen molar-refractivity contribution in [2.45, 2.75) is 44.2 Å². The Morgan fingerprint density at radius 2 is 2.10 bits per heavy atom. The van der Waals surface area contributed by atoms with Crippen molar-refractivity contribution in [3.05, 3.63) is 0 Å². The lowest BCUT2D eigenvalue weighted by atomic mass is 10.0. The molecule has 0 radical (unpaired) electrons. The quantitative estimate of drug-likeness (QED) is 0.724. The Morgan fingerprint density at radius 3 is 2.70 bits per heavy atom. The van der Waals surface area contributed by atoms with Crippen LogP contribution in [0.3, 0.4) is 0 Å². The van der Waals surface area contributed by atoms with Crippen LogP contribution in [0.5, 0.6) is 0 Å². The average Bonchev–Trinajstić information content (AvgIpc) is 3.09. The van der Waals surface area contributed by atoms with Gasteiger partial charge in [0.1, 0.15) is 0 Å². The molecule has 4 nitrogen and oxygen atoms in total. The molecule has 0 N–H and O–H groups in total. The molecule has 3 saturated heterocycles. The Morgan fingerprint density at radius 1 is 1.30 bits per heavy atom. The summed E-state index contributed by atoms with van der Waals surface area (Å²) in [4.78, 5) is 16.5. The number of terminal acetylenes is 1. The van der Waals surface area contributed by atoms with Gasteiger partial charge >= 0.3 is 0 Å². The van der Waals surface area contributed by atoms with Crippen LogP contribution in [0.25, 0.3) is 0 Å². The summed E-state index contributed by atoms with van der Waals surface area (Å²) in [7, 11) is 0. The highest BCUT2D eigenvalue weighted by Crippen LogP contribution is 2.25. The van der Waals surface area contributed by atoms with Crippen LogP contribution in [0.4, 0.5) is 0 Å². The molecule has 1 amide bonds. The van der Waals surface area contributed by atoms with Crippen molar-refractivity contribution in [2.75, 3.05) is 32.8 Å². The van der Waals surface area contributed by atoms with Gasteiger partial charge in [0.25, 0.3) is 0 Å². The van der Waals surface area contributed by atoms with Crippen molar-refractivity contribution in [1.29, 1.82) is 0 Å². The van der Waals surface area contributed by atoms with E-state index in [9.17, 15) is 4.79 Å². The van der Waals surface area contributed by atoms with Gasteiger partial charge in [-0.15, -0.1) is 12.3 Å². The van der Waals surface area contributed by atoms with Gasteiger partial charge in [-0.3, -0.25) is 4.79 Å². The lowest BCUT2D eigenvalue weighted by Gasteiger charge is -2.37. The molecule has 3 rings (SSSR count). The number of ether oxygens (including phenoxy) is 1. The zero-order valence-electron chi connectivity index (χ0n) is 12.1. The van der Waals surface area contributed by atoms with E-state index in [-0.39, 0.29) is 11.8 Å². The molecular weight excluding hydrogens is 252 g/mol. The molecule has 0 aromatic rings. The Kier molecular flexibility index (Phi) is 4.28. The predicted molar refractivity (Wildman–Crippen MR) is 77.1 cm³/mol. The Balaban J connectivity index is 1.46. The van der Waals surface area contributed by atoms with Gasteiger partial charge in [0, 0.05) is 51.2 Å². The van der Waals surface area contributed by atoms with Gasteiger partial charge in [0.15, 0.2) is 0 Å². The molecule has 2 atom stereocenters. The Hall–Kier alpha value is -1.05. The fourth-order valence-corrected chi connectivity index (χ4v) is 3.69. The zero-order chi connectivity index (χ0) is 13.9. The molecule has 2 unspecified atom stereocenters. The minimum Gasteiger partial charge on any atom is -0.377 e. The van der Waals surface area contributed by atoms with Gasteiger partial charge in [-0.2, -0.15) is 0 Å². The topological polar surface area (TPSA) is 32.8 Å². The highest BCUT2D eigenvalue weighted by atomic mass is 16.5. The number of nitrogens with zero attached hydrogens (tertiary/aromatic N) is 2. The van der Waals surface area contributed by atoms with E-state index in [0.717, 1.165) is 45.6 Å². The van der Waals surface area contributed by atoms with Crippen molar-refractivity contribution in [1.82, 2.24) is 9.80 Å². The van der Waals surface area contributed by atoms with E-state index < -0.39 is 0 Å². The van der Waals surface area contributed by atoms with E-state index in [2.05, 4.69) is 10.8 Å². The number of hydrogen-bond donors (Lipinski definition) is 0. The smallest absolute Gasteiger partial charge is 0.224 e. The summed E-state index contributed by atoms with van der Waals surface area (Å²) in [5.41, 5.74) is 0. The van der Waals surface area contributed by atoms with Crippen LogP contribution in [0.1, 0.15) is 32.1 Å². The van der Waals surface area contributed by atoms with Crippen LogP contribution in [0, 0.1) is 18.3 Å². The van der Waals surface area contributed by atoms with Crippen molar-refractivity contribution < 1.29 is 9.53 Å².